The van der Waals surface area contributed by atoms with Crippen LogP contribution in [0, 0.1) is 0 Å². The van der Waals surface area contributed by atoms with Gasteiger partial charge in [0.1, 0.15) is 0 Å². The van der Waals surface area contributed by atoms with E-state index in [1.165, 1.54) is 5.56 Å². The number of hydrogen-bond donors (Lipinski definition) is 1. The summed E-state index contributed by atoms with van der Waals surface area (Å²) in [4.78, 5) is 2.30. The molecule has 0 unspecified atom stereocenters. The van der Waals surface area contributed by atoms with Crippen molar-refractivity contribution in [3.8, 4) is 0 Å². The van der Waals surface area contributed by atoms with Crippen molar-refractivity contribution in [2.45, 2.75) is 32.4 Å². The first-order chi connectivity index (χ1) is 7.37. The van der Waals surface area contributed by atoms with E-state index in [0.717, 1.165) is 24.0 Å². The predicted octanol–water partition coefficient (Wildman–Crippen LogP) is 3.01. The topological polar surface area (TPSA) is 29.3 Å². The third kappa shape index (κ3) is 5.64. The molecule has 0 saturated heterocycles. The number of benzene rings is 1. The second-order valence-electron chi connectivity index (χ2n) is 5.10. The monoisotopic (exact) mass is 284 g/mol. The average Bonchev–Trinajstić information content (AvgIpc) is 2.18. The molecule has 0 radical (unpaired) electrons. The normalized spacial score (nSPS) is 12.1. The number of hydrogen-bond acceptors (Lipinski definition) is 2. The molecule has 0 atom stereocenters. The van der Waals surface area contributed by atoms with E-state index in [0.29, 0.717) is 0 Å². The van der Waals surface area contributed by atoms with E-state index in [1.54, 1.807) is 0 Å². The molecule has 1 aromatic rings. The lowest BCUT2D eigenvalue weighted by Gasteiger charge is -2.23. The quantitative estimate of drug-likeness (QED) is 0.901. The molecule has 2 N–H and O–H groups in total. The average molecular weight is 285 g/mol. The first-order valence-corrected chi connectivity index (χ1v) is 6.38. The first-order valence-electron chi connectivity index (χ1n) is 5.59. The predicted molar refractivity (Wildman–Crippen MR) is 73.4 cm³/mol. The van der Waals surface area contributed by atoms with Gasteiger partial charge in [-0.25, -0.2) is 0 Å². The fourth-order valence-corrected chi connectivity index (χ4v) is 1.72. The van der Waals surface area contributed by atoms with Crippen LogP contribution < -0.4 is 5.73 Å². The summed E-state index contributed by atoms with van der Waals surface area (Å²) in [5, 5.41) is 0. The van der Waals surface area contributed by atoms with Crippen molar-refractivity contribution in [1.29, 1.82) is 0 Å². The van der Waals surface area contributed by atoms with Crippen LogP contribution in [0.5, 0.6) is 0 Å². The summed E-state index contributed by atoms with van der Waals surface area (Å²) in [6, 6.07) is 8.45. The van der Waals surface area contributed by atoms with E-state index in [9.17, 15) is 0 Å². The molecule has 2 nitrogen and oxygen atoms in total. The zero-order valence-electron chi connectivity index (χ0n) is 10.3. The van der Waals surface area contributed by atoms with Gasteiger partial charge in [-0.2, -0.15) is 0 Å². The van der Waals surface area contributed by atoms with Gasteiger partial charge in [-0.3, -0.25) is 0 Å². The summed E-state index contributed by atoms with van der Waals surface area (Å²) in [5.41, 5.74) is 7.22. The standard InChI is InChI=1S/C13H21BrN2/c1-13(2,15)8-9-16(3)10-11-4-6-12(14)7-5-11/h4-7H,8-10,15H2,1-3H3. The molecule has 0 aliphatic heterocycles. The summed E-state index contributed by atoms with van der Waals surface area (Å²) in [7, 11) is 2.13. The number of halogens is 1. The van der Waals surface area contributed by atoms with Crippen molar-refractivity contribution >= 4 is 15.9 Å². The van der Waals surface area contributed by atoms with Gasteiger partial charge < -0.3 is 10.6 Å². The van der Waals surface area contributed by atoms with Crippen LogP contribution in [-0.2, 0) is 6.54 Å². The number of nitrogens with zero attached hydrogens (tertiary/aromatic N) is 1. The molecular formula is C13H21BrN2. The van der Waals surface area contributed by atoms with Crippen LogP contribution in [-0.4, -0.2) is 24.0 Å². The Labute approximate surface area is 107 Å². The van der Waals surface area contributed by atoms with E-state index < -0.39 is 0 Å². The number of rotatable bonds is 5. The smallest absolute Gasteiger partial charge is 0.0230 e. The zero-order valence-corrected chi connectivity index (χ0v) is 11.9. The lowest BCUT2D eigenvalue weighted by molar-refractivity contribution is 0.289. The van der Waals surface area contributed by atoms with Gasteiger partial charge in [0.15, 0.2) is 0 Å². The molecule has 0 bridgehead atoms. The summed E-state index contributed by atoms with van der Waals surface area (Å²) < 4.78 is 1.13. The minimum Gasteiger partial charge on any atom is -0.326 e. The van der Waals surface area contributed by atoms with E-state index in [-0.39, 0.29) is 5.54 Å². The molecular weight excluding hydrogens is 264 g/mol. The Morgan fingerprint density at radius 1 is 1.25 bits per heavy atom. The Bertz CT molecular complexity index is 314. The lowest BCUT2D eigenvalue weighted by atomic mass is 10.0. The maximum atomic E-state index is 5.96. The molecule has 0 spiro atoms. The Kier molecular flexibility index (Phi) is 4.96. The van der Waals surface area contributed by atoms with Crippen molar-refractivity contribution in [2.24, 2.45) is 5.73 Å². The molecule has 0 aliphatic rings. The largest absolute Gasteiger partial charge is 0.326 e. The Hall–Kier alpha value is -0.380. The Morgan fingerprint density at radius 3 is 2.31 bits per heavy atom. The highest BCUT2D eigenvalue weighted by Gasteiger charge is 2.11. The lowest BCUT2D eigenvalue weighted by Crippen LogP contribution is -2.36. The maximum Gasteiger partial charge on any atom is 0.0230 e. The number of nitrogens with two attached hydrogens (primary N) is 1. The summed E-state index contributed by atoms with van der Waals surface area (Å²) in [6.07, 6.45) is 1.01. The minimum absolute atomic E-state index is 0.0754. The highest BCUT2D eigenvalue weighted by atomic mass is 79.9. The molecule has 1 rings (SSSR count). The Balaban J connectivity index is 2.39. The molecule has 0 saturated carbocycles. The van der Waals surface area contributed by atoms with Gasteiger partial charge in [0.2, 0.25) is 0 Å². The molecule has 16 heavy (non-hydrogen) atoms. The summed E-state index contributed by atoms with van der Waals surface area (Å²) in [6.45, 7) is 6.14. The van der Waals surface area contributed by atoms with E-state index >= 15 is 0 Å². The third-order valence-electron chi connectivity index (χ3n) is 2.50. The second-order valence-corrected chi connectivity index (χ2v) is 6.02. The molecule has 3 heteroatoms. The van der Waals surface area contributed by atoms with Crippen molar-refractivity contribution in [2.75, 3.05) is 13.6 Å². The van der Waals surface area contributed by atoms with Gasteiger partial charge in [0.25, 0.3) is 0 Å². The van der Waals surface area contributed by atoms with Crippen LogP contribution in [0.3, 0.4) is 0 Å². The van der Waals surface area contributed by atoms with Gasteiger partial charge in [0.05, 0.1) is 0 Å². The third-order valence-corrected chi connectivity index (χ3v) is 3.03. The van der Waals surface area contributed by atoms with Crippen LogP contribution >= 0.6 is 15.9 Å². The van der Waals surface area contributed by atoms with Crippen LogP contribution in [0.2, 0.25) is 0 Å². The van der Waals surface area contributed by atoms with Crippen LogP contribution in [0.25, 0.3) is 0 Å². The van der Waals surface area contributed by atoms with Gasteiger partial charge in [-0.05, 0) is 51.6 Å². The molecule has 1 aromatic carbocycles. The summed E-state index contributed by atoms with van der Waals surface area (Å²) >= 11 is 3.44. The fraction of sp³-hybridized carbons (Fsp3) is 0.538. The fourth-order valence-electron chi connectivity index (χ4n) is 1.46. The summed E-state index contributed by atoms with van der Waals surface area (Å²) in [5.74, 6) is 0. The van der Waals surface area contributed by atoms with Crippen LogP contribution in [0.4, 0.5) is 0 Å². The minimum atomic E-state index is -0.0754. The van der Waals surface area contributed by atoms with Crippen molar-refractivity contribution in [3.05, 3.63) is 34.3 Å². The maximum absolute atomic E-state index is 5.96. The molecule has 0 fully saturated rings. The van der Waals surface area contributed by atoms with E-state index in [2.05, 4.69) is 66.0 Å². The Morgan fingerprint density at radius 2 is 1.81 bits per heavy atom. The highest BCUT2D eigenvalue weighted by molar-refractivity contribution is 9.10. The molecule has 0 amide bonds. The van der Waals surface area contributed by atoms with Gasteiger partial charge in [-0.15, -0.1) is 0 Å². The van der Waals surface area contributed by atoms with Crippen LogP contribution in [0.15, 0.2) is 28.7 Å². The molecule has 0 aliphatic carbocycles. The van der Waals surface area contributed by atoms with Crippen molar-refractivity contribution in [3.63, 3.8) is 0 Å². The van der Waals surface area contributed by atoms with E-state index in [1.807, 2.05) is 0 Å². The van der Waals surface area contributed by atoms with Crippen molar-refractivity contribution in [1.82, 2.24) is 4.90 Å². The van der Waals surface area contributed by atoms with E-state index in [4.69, 9.17) is 5.73 Å². The highest BCUT2D eigenvalue weighted by Crippen LogP contribution is 2.12. The molecule has 90 valence electrons. The van der Waals surface area contributed by atoms with Gasteiger partial charge in [0, 0.05) is 16.6 Å². The zero-order chi connectivity index (χ0) is 12.2. The second kappa shape index (κ2) is 5.80. The first kappa shape index (κ1) is 13.7. The van der Waals surface area contributed by atoms with Gasteiger partial charge in [-0.1, -0.05) is 28.1 Å². The van der Waals surface area contributed by atoms with Gasteiger partial charge >= 0.3 is 0 Å². The molecule has 0 heterocycles. The molecule has 0 aromatic heterocycles. The van der Waals surface area contributed by atoms with Crippen molar-refractivity contribution < 1.29 is 0 Å². The van der Waals surface area contributed by atoms with Crippen LogP contribution in [0.1, 0.15) is 25.8 Å². The SMILES string of the molecule is CN(CCC(C)(C)N)Cc1ccc(Br)cc1.